The molecular formula is C15H16N2O3. The molecule has 0 radical (unpaired) electrons. The highest BCUT2D eigenvalue weighted by atomic mass is 16.5. The molecular weight excluding hydrogens is 256 g/mol. The highest BCUT2D eigenvalue weighted by molar-refractivity contribution is 5.38. The molecule has 2 aromatic rings. The number of aliphatic hydroxyl groups is 1. The molecule has 1 aromatic heterocycles. The lowest BCUT2D eigenvalue weighted by Crippen LogP contribution is -2.24. The van der Waals surface area contributed by atoms with E-state index in [0.29, 0.717) is 13.2 Å². The predicted molar refractivity (Wildman–Crippen MR) is 75.6 cm³/mol. The lowest BCUT2D eigenvalue weighted by Gasteiger charge is -2.06. The minimum absolute atomic E-state index is 0.0526. The maximum atomic E-state index is 11.6. The van der Waals surface area contributed by atoms with Gasteiger partial charge in [0.1, 0.15) is 19.0 Å². The minimum atomic E-state index is -0.149. The third kappa shape index (κ3) is 3.53. The summed E-state index contributed by atoms with van der Waals surface area (Å²) in [4.78, 5) is 11.6. The van der Waals surface area contributed by atoms with Gasteiger partial charge < -0.3 is 14.4 Å². The molecule has 0 unspecified atom stereocenters. The van der Waals surface area contributed by atoms with E-state index in [9.17, 15) is 4.79 Å². The largest absolute Gasteiger partial charge is 0.492 e. The maximum Gasteiger partial charge on any atom is 0.327 e. The van der Waals surface area contributed by atoms with Crippen LogP contribution in [0.4, 0.5) is 0 Å². The first-order chi connectivity index (χ1) is 9.70. The number of hydrogen-bond donors (Lipinski definition) is 1. The van der Waals surface area contributed by atoms with Gasteiger partial charge in [0.05, 0.1) is 6.54 Å². The van der Waals surface area contributed by atoms with E-state index in [2.05, 4.69) is 11.8 Å². The summed E-state index contributed by atoms with van der Waals surface area (Å²) < 4.78 is 8.69. The molecule has 0 aliphatic rings. The lowest BCUT2D eigenvalue weighted by molar-refractivity contribution is 0.296. The van der Waals surface area contributed by atoms with Crippen molar-refractivity contribution in [1.29, 1.82) is 0 Å². The van der Waals surface area contributed by atoms with Gasteiger partial charge in [0.25, 0.3) is 0 Å². The Labute approximate surface area is 117 Å². The van der Waals surface area contributed by atoms with Crippen molar-refractivity contribution in [1.82, 2.24) is 9.13 Å². The molecule has 0 aliphatic carbocycles. The topological polar surface area (TPSA) is 56.4 Å². The van der Waals surface area contributed by atoms with Crippen LogP contribution in [0, 0.1) is 11.8 Å². The number of imidazole rings is 1. The van der Waals surface area contributed by atoms with Crippen LogP contribution in [0.5, 0.6) is 5.75 Å². The zero-order valence-electron chi connectivity index (χ0n) is 11.2. The van der Waals surface area contributed by atoms with E-state index in [0.717, 1.165) is 11.3 Å². The van der Waals surface area contributed by atoms with Gasteiger partial charge in [-0.1, -0.05) is 11.8 Å². The molecule has 0 saturated heterocycles. The quantitative estimate of drug-likeness (QED) is 0.830. The van der Waals surface area contributed by atoms with Crippen LogP contribution in [0.25, 0.3) is 0 Å². The number of rotatable bonds is 4. The van der Waals surface area contributed by atoms with Crippen LogP contribution in [0.1, 0.15) is 5.56 Å². The Bertz CT molecular complexity index is 672. The Hall–Kier alpha value is -2.45. The standard InChI is InChI=1S/C15H16N2O3/c1-16-8-9-17(15(16)19)10-12-20-14-6-4-13(5-7-14)3-2-11-18/h4-9,18H,10-12H2,1H3. The number of benzene rings is 1. The lowest BCUT2D eigenvalue weighted by atomic mass is 10.2. The molecule has 5 heteroatoms. The number of hydrogen-bond acceptors (Lipinski definition) is 3. The highest BCUT2D eigenvalue weighted by Gasteiger charge is 2.00. The fourth-order valence-electron chi connectivity index (χ4n) is 1.72. The van der Waals surface area contributed by atoms with Crippen molar-refractivity contribution in [2.24, 2.45) is 7.05 Å². The van der Waals surface area contributed by atoms with Crippen molar-refractivity contribution in [3.63, 3.8) is 0 Å². The fraction of sp³-hybridized carbons (Fsp3) is 0.267. The molecule has 20 heavy (non-hydrogen) atoms. The van der Waals surface area contributed by atoms with Gasteiger partial charge in [0.15, 0.2) is 0 Å². The molecule has 0 saturated carbocycles. The van der Waals surface area contributed by atoms with Gasteiger partial charge >= 0.3 is 5.69 Å². The Kier molecular flexibility index (Phi) is 4.64. The Morgan fingerprint density at radius 1 is 1.25 bits per heavy atom. The van der Waals surface area contributed by atoms with Crippen molar-refractivity contribution in [2.75, 3.05) is 13.2 Å². The Morgan fingerprint density at radius 3 is 2.60 bits per heavy atom. The number of aliphatic hydroxyl groups excluding tert-OH is 1. The summed E-state index contributed by atoms with van der Waals surface area (Å²) in [7, 11) is 1.71. The van der Waals surface area contributed by atoms with E-state index >= 15 is 0 Å². The summed E-state index contributed by atoms with van der Waals surface area (Å²) in [5.41, 5.74) is 0.772. The zero-order chi connectivity index (χ0) is 14.4. The van der Waals surface area contributed by atoms with Gasteiger partial charge in [-0.2, -0.15) is 0 Å². The zero-order valence-corrected chi connectivity index (χ0v) is 11.2. The van der Waals surface area contributed by atoms with Crippen LogP contribution in [0.3, 0.4) is 0 Å². The van der Waals surface area contributed by atoms with Gasteiger partial charge in [-0.3, -0.25) is 4.57 Å². The summed E-state index contributed by atoms with van der Waals surface area (Å²) in [6.07, 6.45) is 3.45. The summed E-state index contributed by atoms with van der Waals surface area (Å²) in [5, 5.41) is 8.60. The van der Waals surface area contributed by atoms with Crippen LogP contribution in [0.15, 0.2) is 41.5 Å². The van der Waals surface area contributed by atoms with Crippen LogP contribution in [0.2, 0.25) is 0 Å². The molecule has 0 amide bonds. The molecule has 0 fully saturated rings. The number of ether oxygens (including phenoxy) is 1. The third-order valence-corrected chi connectivity index (χ3v) is 2.78. The van der Waals surface area contributed by atoms with Gasteiger partial charge in [-0.25, -0.2) is 4.79 Å². The van der Waals surface area contributed by atoms with Crippen molar-refractivity contribution >= 4 is 0 Å². The van der Waals surface area contributed by atoms with E-state index in [1.165, 1.54) is 4.57 Å². The molecule has 0 spiro atoms. The summed E-state index contributed by atoms with van der Waals surface area (Å²) in [6.45, 7) is 0.779. The average Bonchev–Trinajstić information content (AvgIpc) is 2.78. The van der Waals surface area contributed by atoms with E-state index in [-0.39, 0.29) is 12.3 Å². The summed E-state index contributed by atoms with van der Waals surface area (Å²) in [6, 6.07) is 7.28. The van der Waals surface area contributed by atoms with Gasteiger partial charge in [0, 0.05) is 25.0 Å². The average molecular weight is 272 g/mol. The highest BCUT2D eigenvalue weighted by Crippen LogP contribution is 2.11. The van der Waals surface area contributed by atoms with E-state index < -0.39 is 0 Å². The SMILES string of the molecule is Cn1ccn(CCOc2ccc(C#CCO)cc2)c1=O. The molecule has 104 valence electrons. The van der Waals surface area contributed by atoms with E-state index in [1.807, 2.05) is 24.3 Å². The van der Waals surface area contributed by atoms with E-state index in [4.69, 9.17) is 9.84 Å². The molecule has 0 aliphatic heterocycles. The number of nitrogens with zero attached hydrogens (tertiary/aromatic N) is 2. The second-order valence-electron chi connectivity index (χ2n) is 4.22. The monoisotopic (exact) mass is 272 g/mol. The third-order valence-electron chi connectivity index (χ3n) is 2.78. The Balaban J connectivity index is 1.88. The van der Waals surface area contributed by atoms with Gasteiger partial charge in [-0.15, -0.1) is 0 Å². The molecule has 0 bridgehead atoms. The van der Waals surface area contributed by atoms with Crippen molar-refractivity contribution in [3.8, 4) is 17.6 Å². The molecule has 1 aromatic carbocycles. The first-order valence-electron chi connectivity index (χ1n) is 6.25. The molecule has 5 nitrogen and oxygen atoms in total. The molecule has 2 rings (SSSR count). The smallest absolute Gasteiger partial charge is 0.327 e. The maximum absolute atomic E-state index is 11.6. The molecule has 1 heterocycles. The first kappa shape index (κ1) is 14.0. The minimum Gasteiger partial charge on any atom is -0.492 e. The summed E-state index contributed by atoms with van der Waals surface area (Å²) in [5.74, 6) is 6.12. The molecule has 0 atom stereocenters. The fourth-order valence-corrected chi connectivity index (χ4v) is 1.72. The van der Waals surface area contributed by atoms with Crippen LogP contribution >= 0.6 is 0 Å². The van der Waals surface area contributed by atoms with Gasteiger partial charge in [0.2, 0.25) is 0 Å². The van der Waals surface area contributed by atoms with Crippen molar-refractivity contribution < 1.29 is 9.84 Å². The number of aromatic nitrogens is 2. The van der Waals surface area contributed by atoms with Crippen molar-refractivity contribution in [2.45, 2.75) is 6.54 Å². The predicted octanol–water partition coefficient (Wildman–Crippen LogP) is 0.610. The number of aryl methyl sites for hydroxylation is 1. The first-order valence-corrected chi connectivity index (χ1v) is 6.25. The Morgan fingerprint density at radius 2 is 2.00 bits per heavy atom. The van der Waals surface area contributed by atoms with Crippen LogP contribution in [-0.2, 0) is 13.6 Å². The normalized spacial score (nSPS) is 9.90. The van der Waals surface area contributed by atoms with Crippen molar-refractivity contribution in [3.05, 3.63) is 52.7 Å². The second kappa shape index (κ2) is 6.64. The second-order valence-corrected chi connectivity index (χ2v) is 4.22. The van der Waals surface area contributed by atoms with E-state index in [1.54, 1.807) is 24.0 Å². The van der Waals surface area contributed by atoms with Crippen LogP contribution < -0.4 is 10.4 Å². The van der Waals surface area contributed by atoms with Gasteiger partial charge in [-0.05, 0) is 24.3 Å². The van der Waals surface area contributed by atoms with Crippen LogP contribution in [-0.4, -0.2) is 27.5 Å². The summed E-state index contributed by atoms with van der Waals surface area (Å²) >= 11 is 0. The molecule has 1 N–H and O–H groups in total.